The van der Waals surface area contributed by atoms with Gasteiger partial charge in [0.25, 0.3) is 0 Å². The Balaban J connectivity index is 1.87. The molecule has 2 aromatic carbocycles. The molecule has 0 aliphatic carbocycles. The lowest BCUT2D eigenvalue weighted by atomic mass is 9.67. The molecule has 2 heterocycles. The lowest BCUT2D eigenvalue weighted by molar-refractivity contribution is -0.163. The van der Waals surface area contributed by atoms with Crippen LogP contribution in [0.4, 0.5) is 0 Å². The summed E-state index contributed by atoms with van der Waals surface area (Å²) < 4.78 is 5.74. The Morgan fingerprint density at radius 1 is 1.16 bits per heavy atom. The minimum atomic E-state index is -1.03. The third kappa shape index (κ3) is 4.66. The molecule has 0 radical (unpaired) electrons. The van der Waals surface area contributed by atoms with Crippen molar-refractivity contribution < 1.29 is 19.4 Å². The lowest BCUT2D eigenvalue weighted by Crippen LogP contribution is -2.57. The van der Waals surface area contributed by atoms with E-state index in [1.807, 2.05) is 53.4 Å². The molecule has 1 N–H and O–H groups in total. The Kier molecular flexibility index (Phi) is 6.80. The Morgan fingerprint density at radius 3 is 2.53 bits per heavy atom. The fourth-order valence-corrected chi connectivity index (χ4v) is 5.55. The molecule has 1 amide bonds. The molecule has 4 rings (SSSR count). The minimum absolute atomic E-state index is 0.118. The van der Waals surface area contributed by atoms with Crippen LogP contribution in [0.3, 0.4) is 0 Å². The van der Waals surface area contributed by atoms with Crippen LogP contribution in [-0.2, 0) is 14.3 Å². The summed E-state index contributed by atoms with van der Waals surface area (Å²) >= 11 is 12.5. The molecule has 1 unspecified atom stereocenters. The first-order valence-corrected chi connectivity index (χ1v) is 11.7. The number of halogens is 2. The predicted molar refractivity (Wildman–Crippen MR) is 124 cm³/mol. The average molecular weight is 476 g/mol. The number of amides is 1. The number of aliphatic carboxylic acids is 1. The first-order chi connectivity index (χ1) is 15.3. The smallest absolute Gasteiger partial charge is 0.304 e. The van der Waals surface area contributed by atoms with Gasteiger partial charge in [-0.25, -0.2) is 0 Å². The van der Waals surface area contributed by atoms with Crippen LogP contribution in [0, 0.1) is 5.41 Å². The molecule has 0 aromatic heterocycles. The van der Waals surface area contributed by atoms with Gasteiger partial charge in [0.1, 0.15) is 0 Å². The number of carboxylic acid groups (broad SMARTS) is 1. The quantitative estimate of drug-likeness (QED) is 0.600. The normalized spacial score (nSPS) is 28.5. The number of likely N-dealkylation sites (tertiary alicyclic amines) is 1. The van der Waals surface area contributed by atoms with Crippen LogP contribution >= 0.6 is 23.2 Å². The summed E-state index contributed by atoms with van der Waals surface area (Å²) in [4.78, 5) is 27.6. The number of rotatable bonds is 5. The Bertz CT molecular complexity index is 990. The fraction of sp³-hybridized carbons (Fsp3) is 0.440. The number of ether oxygens (including phenoxy) is 1. The third-order valence-electron chi connectivity index (χ3n) is 6.66. The molecule has 32 heavy (non-hydrogen) atoms. The summed E-state index contributed by atoms with van der Waals surface area (Å²) in [5, 5.41) is 10.9. The van der Waals surface area contributed by atoms with Crippen molar-refractivity contribution in [3.63, 3.8) is 0 Å². The first-order valence-electron chi connectivity index (χ1n) is 10.9. The van der Waals surface area contributed by atoms with Crippen LogP contribution in [0.25, 0.3) is 0 Å². The van der Waals surface area contributed by atoms with E-state index in [0.29, 0.717) is 29.7 Å². The molecule has 2 aliphatic rings. The molecular formula is C25H27Cl2NO4. The first kappa shape index (κ1) is 23.1. The van der Waals surface area contributed by atoms with Gasteiger partial charge in [0.05, 0.1) is 30.5 Å². The number of hydrogen-bond donors (Lipinski definition) is 1. The topological polar surface area (TPSA) is 66.8 Å². The zero-order valence-electron chi connectivity index (χ0n) is 18.0. The van der Waals surface area contributed by atoms with Crippen LogP contribution in [-0.4, -0.2) is 41.1 Å². The van der Waals surface area contributed by atoms with E-state index in [9.17, 15) is 14.7 Å². The maximum Gasteiger partial charge on any atom is 0.304 e. The molecule has 2 aliphatic heterocycles. The largest absolute Gasteiger partial charge is 0.481 e. The van der Waals surface area contributed by atoms with Crippen LogP contribution in [0.2, 0.25) is 10.0 Å². The molecule has 2 fully saturated rings. The van der Waals surface area contributed by atoms with Crippen molar-refractivity contribution in [2.75, 3.05) is 13.2 Å². The summed E-state index contributed by atoms with van der Waals surface area (Å²) in [6, 6.07) is 14.8. The van der Waals surface area contributed by atoms with E-state index in [2.05, 4.69) is 0 Å². The molecule has 0 saturated carbocycles. The van der Waals surface area contributed by atoms with Gasteiger partial charge in [-0.2, -0.15) is 0 Å². The highest BCUT2D eigenvalue weighted by atomic mass is 35.5. The molecule has 2 aromatic rings. The van der Waals surface area contributed by atoms with E-state index in [1.54, 1.807) is 6.92 Å². The molecular weight excluding hydrogens is 449 g/mol. The van der Waals surface area contributed by atoms with Gasteiger partial charge in [0.2, 0.25) is 5.91 Å². The zero-order chi connectivity index (χ0) is 22.9. The highest BCUT2D eigenvalue weighted by Crippen LogP contribution is 2.52. The Hall–Kier alpha value is -2.08. The van der Waals surface area contributed by atoms with Crippen LogP contribution in [0.15, 0.2) is 48.5 Å². The van der Waals surface area contributed by atoms with E-state index in [-0.39, 0.29) is 30.3 Å². The maximum absolute atomic E-state index is 13.9. The van der Waals surface area contributed by atoms with Crippen molar-refractivity contribution in [1.82, 2.24) is 4.90 Å². The van der Waals surface area contributed by atoms with E-state index in [0.717, 1.165) is 24.0 Å². The van der Waals surface area contributed by atoms with Crippen molar-refractivity contribution in [2.24, 2.45) is 5.41 Å². The van der Waals surface area contributed by atoms with Gasteiger partial charge in [-0.05, 0) is 54.7 Å². The second-order valence-corrected chi connectivity index (χ2v) is 9.95. The molecule has 7 heteroatoms. The number of carbonyl (C=O) groups excluding carboxylic acids is 1. The van der Waals surface area contributed by atoms with Crippen molar-refractivity contribution >= 4 is 35.1 Å². The van der Waals surface area contributed by atoms with Gasteiger partial charge < -0.3 is 14.7 Å². The predicted octanol–water partition coefficient (Wildman–Crippen LogP) is 5.71. The highest BCUT2D eigenvalue weighted by molar-refractivity contribution is 6.30. The van der Waals surface area contributed by atoms with Crippen molar-refractivity contribution in [2.45, 2.75) is 50.6 Å². The van der Waals surface area contributed by atoms with E-state index < -0.39 is 11.4 Å². The van der Waals surface area contributed by atoms with Gasteiger partial charge in [-0.15, -0.1) is 0 Å². The second-order valence-electron chi connectivity index (χ2n) is 9.08. The standard InChI is InChI=1S/C25H27Cl2NO4/c1-25(14-22(29)30)13-21(17-4-2-5-19(27)12-17)23(16-7-9-18(26)10-8-16)28(24(25)31)20-6-3-11-32-15-20/h2,4-5,7-10,12,20-21,23H,3,6,11,13-15H2,1H3,(H,29,30)/t20?,21-,23-,25-/m1/s1. The molecule has 5 nitrogen and oxygen atoms in total. The van der Waals surface area contributed by atoms with Crippen molar-refractivity contribution in [1.29, 1.82) is 0 Å². The second kappa shape index (κ2) is 9.42. The minimum Gasteiger partial charge on any atom is -0.481 e. The summed E-state index contributed by atoms with van der Waals surface area (Å²) in [6.07, 6.45) is 1.87. The van der Waals surface area contributed by atoms with Gasteiger partial charge >= 0.3 is 5.97 Å². The molecule has 170 valence electrons. The molecule has 2 saturated heterocycles. The fourth-order valence-electron chi connectivity index (χ4n) is 5.22. The van der Waals surface area contributed by atoms with Crippen LogP contribution in [0.1, 0.15) is 55.7 Å². The number of carbonyl (C=O) groups is 2. The van der Waals surface area contributed by atoms with Gasteiger partial charge in [-0.1, -0.05) is 54.4 Å². The number of carboxylic acids is 1. The monoisotopic (exact) mass is 475 g/mol. The Labute approximate surface area is 198 Å². The molecule has 0 spiro atoms. The Morgan fingerprint density at radius 2 is 1.91 bits per heavy atom. The van der Waals surface area contributed by atoms with Crippen molar-refractivity contribution in [3.05, 3.63) is 69.7 Å². The molecule has 4 atom stereocenters. The van der Waals surface area contributed by atoms with Gasteiger partial charge in [0.15, 0.2) is 0 Å². The SMILES string of the molecule is C[C@]1(CC(=O)O)C[C@H](c2cccc(Cl)c2)[C@@H](c2ccc(Cl)cc2)N(C2CCCOC2)C1=O. The van der Waals surface area contributed by atoms with Crippen LogP contribution in [0.5, 0.6) is 0 Å². The zero-order valence-corrected chi connectivity index (χ0v) is 19.5. The highest BCUT2D eigenvalue weighted by Gasteiger charge is 2.52. The number of nitrogens with zero attached hydrogens (tertiary/aromatic N) is 1. The van der Waals surface area contributed by atoms with Crippen LogP contribution < -0.4 is 0 Å². The molecule has 0 bridgehead atoms. The van der Waals surface area contributed by atoms with E-state index >= 15 is 0 Å². The average Bonchev–Trinajstić information content (AvgIpc) is 2.76. The maximum atomic E-state index is 13.9. The lowest BCUT2D eigenvalue weighted by Gasteiger charge is -2.52. The summed E-state index contributed by atoms with van der Waals surface area (Å²) in [5.74, 6) is -1.23. The van der Waals surface area contributed by atoms with Gasteiger partial charge in [0, 0.05) is 22.6 Å². The number of benzene rings is 2. The summed E-state index contributed by atoms with van der Waals surface area (Å²) in [7, 11) is 0. The number of piperidine rings is 1. The summed E-state index contributed by atoms with van der Waals surface area (Å²) in [5.41, 5.74) is 0.929. The summed E-state index contributed by atoms with van der Waals surface area (Å²) in [6.45, 7) is 2.89. The van der Waals surface area contributed by atoms with Gasteiger partial charge in [-0.3, -0.25) is 9.59 Å². The van der Waals surface area contributed by atoms with E-state index in [4.69, 9.17) is 27.9 Å². The third-order valence-corrected chi connectivity index (χ3v) is 7.15. The van der Waals surface area contributed by atoms with E-state index in [1.165, 1.54) is 0 Å². The van der Waals surface area contributed by atoms with Crippen molar-refractivity contribution in [3.8, 4) is 0 Å². The number of hydrogen-bond acceptors (Lipinski definition) is 3.